The van der Waals surface area contributed by atoms with Crippen LogP contribution in [0.15, 0.2) is 54.6 Å². The Labute approximate surface area is 182 Å². The van der Waals surface area contributed by atoms with E-state index in [9.17, 15) is 4.79 Å². The average molecular weight is 418 g/mol. The zero-order valence-electron chi connectivity index (χ0n) is 17.9. The van der Waals surface area contributed by atoms with Crippen molar-refractivity contribution in [3.05, 3.63) is 65.9 Å². The molecule has 1 aromatic carbocycles. The Balaban J connectivity index is 1.30. The summed E-state index contributed by atoms with van der Waals surface area (Å²) in [6, 6.07) is 17.5. The fourth-order valence-corrected chi connectivity index (χ4v) is 3.51. The third-order valence-corrected chi connectivity index (χ3v) is 5.27. The second-order valence-corrected chi connectivity index (χ2v) is 7.52. The Morgan fingerprint density at radius 3 is 2.48 bits per heavy atom. The second kappa shape index (κ2) is 9.42. The quantitative estimate of drug-likeness (QED) is 0.656. The maximum atomic E-state index is 12.6. The van der Waals surface area contributed by atoms with Gasteiger partial charge in [0.15, 0.2) is 11.6 Å². The summed E-state index contributed by atoms with van der Waals surface area (Å²) in [6.45, 7) is 6.74. The number of hydrogen-bond acceptors (Lipinski definition) is 6. The lowest BCUT2D eigenvalue weighted by Gasteiger charge is -2.35. The second-order valence-electron chi connectivity index (χ2n) is 7.52. The van der Waals surface area contributed by atoms with Crippen molar-refractivity contribution in [1.29, 1.82) is 0 Å². The molecule has 0 unspecified atom stereocenters. The van der Waals surface area contributed by atoms with Gasteiger partial charge in [-0.25, -0.2) is 9.78 Å². The summed E-state index contributed by atoms with van der Waals surface area (Å²) in [5.74, 6) is 2.19. The number of carbonyl (C=O) groups is 1. The molecule has 8 heteroatoms. The Morgan fingerprint density at radius 1 is 0.968 bits per heavy atom. The highest BCUT2D eigenvalue weighted by molar-refractivity contribution is 5.89. The molecule has 0 bridgehead atoms. The number of aromatic nitrogens is 3. The van der Waals surface area contributed by atoms with Gasteiger partial charge in [0, 0.05) is 37.6 Å². The van der Waals surface area contributed by atoms with Crippen molar-refractivity contribution < 1.29 is 4.79 Å². The first-order chi connectivity index (χ1) is 15.1. The van der Waals surface area contributed by atoms with E-state index in [1.807, 2.05) is 60.4 Å². The molecule has 1 fully saturated rings. The van der Waals surface area contributed by atoms with Gasteiger partial charge >= 0.3 is 6.03 Å². The molecular weight excluding hydrogens is 390 g/mol. The molecule has 3 heterocycles. The van der Waals surface area contributed by atoms with Gasteiger partial charge in [0.25, 0.3) is 0 Å². The molecule has 0 aliphatic carbocycles. The number of nitrogens with one attached hydrogen (secondary N) is 2. The summed E-state index contributed by atoms with van der Waals surface area (Å²) in [5, 5.41) is 14.8. The van der Waals surface area contributed by atoms with Gasteiger partial charge in [0.2, 0.25) is 0 Å². The fraction of sp³-hybridized carbons (Fsp3) is 0.304. The van der Waals surface area contributed by atoms with E-state index in [0.717, 1.165) is 29.4 Å². The van der Waals surface area contributed by atoms with Crippen LogP contribution in [-0.2, 0) is 6.42 Å². The molecule has 0 radical (unpaired) electrons. The van der Waals surface area contributed by atoms with E-state index in [0.29, 0.717) is 32.0 Å². The SMILES string of the molecule is CCc1cccc(NC(=O)N2CCN(c3ccc(Nc4cccc(C)n4)nn3)CC2)c1. The number of anilines is 4. The van der Waals surface area contributed by atoms with Gasteiger partial charge in [-0.05, 0) is 55.3 Å². The number of aryl methyl sites for hydroxylation is 2. The molecule has 31 heavy (non-hydrogen) atoms. The van der Waals surface area contributed by atoms with E-state index < -0.39 is 0 Å². The van der Waals surface area contributed by atoms with E-state index in [1.165, 1.54) is 5.56 Å². The molecule has 8 nitrogen and oxygen atoms in total. The summed E-state index contributed by atoms with van der Waals surface area (Å²) < 4.78 is 0. The van der Waals surface area contributed by atoms with Gasteiger partial charge in [-0.15, -0.1) is 10.2 Å². The molecule has 0 spiro atoms. The normalized spacial score (nSPS) is 13.7. The highest BCUT2D eigenvalue weighted by atomic mass is 16.2. The highest BCUT2D eigenvalue weighted by Crippen LogP contribution is 2.18. The first-order valence-corrected chi connectivity index (χ1v) is 10.5. The van der Waals surface area contributed by atoms with Crippen LogP contribution < -0.4 is 15.5 Å². The minimum atomic E-state index is -0.0656. The third-order valence-electron chi connectivity index (χ3n) is 5.27. The Bertz CT molecular complexity index is 1030. The topological polar surface area (TPSA) is 86.3 Å². The molecule has 160 valence electrons. The van der Waals surface area contributed by atoms with Crippen molar-refractivity contribution in [3.63, 3.8) is 0 Å². The molecule has 2 aromatic heterocycles. The summed E-state index contributed by atoms with van der Waals surface area (Å²) in [4.78, 5) is 21.0. The van der Waals surface area contributed by atoms with Crippen LogP contribution in [-0.4, -0.2) is 52.3 Å². The van der Waals surface area contributed by atoms with Gasteiger partial charge in [0.05, 0.1) is 0 Å². The van der Waals surface area contributed by atoms with Crippen LogP contribution in [0.2, 0.25) is 0 Å². The number of hydrogen-bond donors (Lipinski definition) is 2. The van der Waals surface area contributed by atoms with Crippen LogP contribution in [0.4, 0.5) is 27.9 Å². The molecule has 4 rings (SSSR count). The van der Waals surface area contributed by atoms with E-state index in [2.05, 4.69) is 43.7 Å². The van der Waals surface area contributed by atoms with E-state index in [-0.39, 0.29) is 6.03 Å². The summed E-state index contributed by atoms with van der Waals surface area (Å²) in [6.07, 6.45) is 0.944. The maximum Gasteiger partial charge on any atom is 0.321 e. The van der Waals surface area contributed by atoms with Gasteiger partial charge in [0.1, 0.15) is 5.82 Å². The number of rotatable bonds is 5. The van der Waals surface area contributed by atoms with Crippen LogP contribution in [0.25, 0.3) is 0 Å². The number of piperazine rings is 1. The number of urea groups is 1. The lowest BCUT2D eigenvalue weighted by molar-refractivity contribution is 0.208. The van der Waals surface area contributed by atoms with Crippen molar-refractivity contribution in [1.82, 2.24) is 20.1 Å². The molecule has 3 aromatic rings. The van der Waals surface area contributed by atoms with Crippen LogP contribution in [0.1, 0.15) is 18.2 Å². The minimum absolute atomic E-state index is 0.0656. The largest absolute Gasteiger partial charge is 0.352 e. The van der Waals surface area contributed by atoms with Gasteiger partial charge in [-0.2, -0.15) is 0 Å². The maximum absolute atomic E-state index is 12.6. The lowest BCUT2D eigenvalue weighted by atomic mass is 10.1. The number of nitrogens with zero attached hydrogens (tertiary/aromatic N) is 5. The highest BCUT2D eigenvalue weighted by Gasteiger charge is 2.22. The van der Waals surface area contributed by atoms with E-state index >= 15 is 0 Å². The number of carbonyl (C=O) groups excluding carboxylic acids is 1. The zero-order valence-corrected chi connectivity index (χ0v) is 17.9. The van der Waals surface area contributed by atoms with Crippen molar-refractivity contribution in [3.8, 4) is 0 Å². The molecule has 0 atom stereocenters. The fourth-order valence-electron chi connectivity index (χ4n) is 3.51. The van der Waals surface area contributed by atoms with Crippen molar-refractivity contribution >= 4 is 29.2 Å². The Morgan fingerprint density at radius 2 is 1.77 bits per heavy atom. The lowest BCUT2D eigenvalue weighted by Crippen LogP contribution is -2.50. The molecule has 2 N–H and O–H groups in total. The van der Waals surface area contributed by atoms with Crippen LogP contribution in [0.5, 0.6) is 0 Å². The predicted molar refractivity (Wildman–Crippen MR) is 123 cm³/mol. The summed E-state index contributed by atoms with van der Waals surface area (Å²) >= 11 is 0. The smallest absolute Gasteiger partial charge is 0.321 e. The van der Waals surface area contributed by atoms with Crippen molar-refractivity contribution in [2.24, 2.45) is 0 Å². The molecule has 1 aliphatic heterocycles. The first-order valence-electron chi connectivity index (χ1n) is 10.5. The van der Waals surface area contributed by atoms with Gasteiger partial charge in [-0.3, -0.25) is 0 Å². The van der Waals surface area contributed by atoms with E-state index in [1.54, 1.807) is 0 Å². The number of benzene rings is 1. The molecular formula is C23H27N7O. The molecule has 2 amide bonds. The summed E-state index contributed by atoms with van der Waals surface area (Å²) in [7, 11) is 0. The van der Waals surface area contributed by atoms with Crippen molar-refractivity contribution in [2.75, 3.05) is 41.7 Å². The van der Waals surface area contributed by atoms with Gasteiger partial charge < -0.3 is 20.4 Å². The average Bonchev–Trinajstić information content (AvgIpc) is 2.80. The predicted octanol–water partition coefficient (Wildman–Crippen LogP) is 3.84. The molecule has 1 saturated heterocycles. The Hall–Kier alpha value is -3.68. The minimum Gasteiger partial charge on any atom is -0.352 e. The van der Waals surface area contributed by atoms with Crippen molar-refractivity contribution in [2.45, 2.75) is 20.3 Å². The third kappa shape index (κ3) is 5.28. The van der Waals surface area contributed by atoms with E-state index in [4.69, 9.17) is 0 Å². The number of pyridine rings is 1. The zero-order chi connectivity index (χ0) is 21.6. The monoisotopic (exact) mass is 417 g/mol. The van der Waals surface area contributed by atoms with Gasteiger partial charge in [-0.1, -0.05) is 25.1 Å². The summed E-state index contributed by atoms with van der Waals surface area (Å²) in [5.41, 5.74) is 2.98. The van der Waals surface area contributed by atoms with Crippen LogP contribution in [0, 0.1) is 6.92 Å². The standard InChI is InChI=1S/C23H27N7O/c1-3-18-7-5-8-19(16-18)25-23(31)30-14-12-29(13-15-30)22-11-10-21(27-28-22)26-20-9-4-6-17(2)24-20/h4-11,16H,3,12-15H2,1-2H3,(H,25,31)(H,24,26,27). The number of amides is 2. The van der Waals surface area contributed by atoms with Crippen LogP contribution >= 0.6 is 0 Å². The van der Waals surface area contributed by atoms with Crippen LogP contribution in [0.3, 0.4) is 0 Å². The Kier molecular flexibility index (Phi) is 6.26. The molecule has 0 saturated carbocycles. The first kappa shape index (κ1) is 20.6. The molecule has 1 aliphatic rings.